The molecule has 79 heavy (non-hydrogen) atoms. The van der Waals surface area contributed by atoms with Crippen molar-refractivity contribution in [3.8, 4) is 0 Å². The molecule has 0 fully saturated rings. The van der Waals surface area contributed by atoms with Crippen LogP contribution in [0.2, 0.25) is 0 Å². The summed E-state index contributed by atoms with van der Waals surface area (Å²) in [5.41, 5.74) is 0. The standard InChI is InChI=1S/C73H124O6/c1-4-7-10-13-16-19-22-25-28-29-30-31-32-33-34-35-36-37-38-39-40-41-42-43-46-48-51-54-57-60-63-66-72(75)78-69-70(79-73(76)67-64-61-58-55-52-49-45-27-24-21-18-15-12-9-6-3)68-77-71(74)65-62-59-56-53-50-47-44-26-23-20-17-14-11-8-5-2/h7,9-10,12,16,18-19,21,25-28,30-31,33-34,44-45,70H,4-6,8,11,13-15,17,20,22-24,29,32,35-43,46-69H2,1-3H3/b10-7-,12-9-,19-16-,21-18-,28-25-,31-30-,34-33-,44-26-,45-27-. The highest BCUT2D eigenvalue weighted by Gasteiger charge is 2.19. The lowest BCUT2D eigenvalue weighted by molar-refractivity contribution is -0.167. The lowest BCUT2D eigenvalue weighted by atomic mass is 10.0. The first-order chi connectivity index (χ1) is 39.0. The van der Waals surface area contributed by atoms with Gasteiger partial charge < -0.3 is 14.2 Å². The fourth-order valence-electron chi connectivity index (χ4n) is 9.30. The average Bonchev–Trinajstić information content (AvgIpc) is 3.45. The van der Waals surface area contributed by atoms with E-state index in [0.717, 1.165) is 135 Å². The van der Waals surface area contributed by atoms with Crippen molar-refractivity contribution in [2.24, 2.45) is 0 Å². The zero-order valence-corrected chi connectivity index (χ0v) is 51.9. The highest BCUT2D eigenvalue weighted by molar-refractivity contribution is 5.71. The second-order valence-electron chi connectivity index (χ2n) is 22.0. The first-order valence-corrected chi connectivity index (χ1v) is 33.4. The van der Waals surface area contributed by atoms with E-state index in [4.69, 9.17) is 14.2 Å². The van der Waals surface area contributed by atoms with Gasteiger partial charge in [-0.15, -0.1) is 0 Å². The molecule has 0 radical (unpaired) electrons. The second-order valence-corrected chi connectivity index (χ2v) is 22.0. The minimum Gasteiger partial charge on any atom is -0.462 e. The largest absolute Gasteiger partial charge is 0.462 e. The van der Waals surface area contributed by atoms with Crippen LogP contribution < -0.4 is 0 Å². The van der Waals surface area contributed by atoms with E-state index in [1.165, 1.54) is 141 Å². The third-order valence-corrected chi connectivity index (χ3v) is 14.2. The van der Waals surface area contributed by atoms with Gasteiger partial charge in [0.1, 0.15) is 13.2 Å². The number of allylic oxidation sites excluding steroid dienone is 18. The number of rotatable bonds is 60. The monoisotopic (exact) mass is 1100 g/mol. The van der Waals surface area contributed by atoms with E-state index in [0.29, 0.717) is 19.3 Å². The summed E-state index contributed by atoms with van der Waals surface area (Å²) in [5.74, 6) is -0.902. The van der Waals surface area contributed by atoms with Crippen LogP contribution >= 0.6 is 0 Å². The quantitative estimate of drug-likeness (QED) is 0.0261. The summed E-state index contributed by atoms with van der Waals surface area (Å²) >= 11 is 0. The molecular weight excluding hydrogens is 973 g/mol. The average molecular weight is 1100 g/mol. The van der Waals surface area contributed by atoms with Crippen LogP contribution in [0.3, 0.4) is 0 Å². The topological polar surface area (TPSA) is 78.9 Å². The van der Waals surface area contributed by atoms with Crippen LogP contribution in [0.5, 0.6) is 0 Å². The van der Waals surface area contributed by atoms with Gasteiger partial charge in [0.2, 0.25) is 0 Å². The molecule has 0 aromatic rings. The van der Waals surface area contributed by atoms with E-state index >= 15 is 0 Å². The van der Waals surface area contributed by atoms with Gasteiger partial charge in [0.25, 0.3) is 0 Å². The lowest BCUT2D eigenvalue weighted by Gasteiger charge is -2.18. The van der Waals surface area contributed by atoms with Gasteiger partial charge in [0.05, 0.1) is 0 Å². The summed E-state index contributed by atoms with van der Waals surface area (Å²) < 4.78 is 16.9. The van der Waals surface area contributed by atoms with E-state index in [1.54, 1.807) is 0 Å². The molecule has 6 nitrogen and oxygen atoms in total. The number of hydrogen-bond donors (Lipinski definition) is 0. The van der Waals surface area contributed by atoms with Crippen molar-refractivity contribution >= 4 is 17.9 Å². The Bertz CT molecular complexity index is 1590. The molecule has 0 N–H and O–H groups in total. The maximum absolute atomic E-state index is 12.9. The van der Waals surface area contributed by atoms with E-state index in [9.17, 15) is 14.4 Å². The molecule has 6 heteroatoms. The summed E-state index contributed by atoms with van der Waals surface area (Å²) in [7, 11) is 0. The SMILES string of the molecule is CC/C=C\C/C=C\C/C=C\C/C=C\C/C=C\CCCCCCCCCCCCCCCCCC(=O)OCC(COC(=O)CCCCCCC/C=C\CCCCCCCC)OC(=O)CCCCCCC/C=C\C/C=C\C/C=C\CC. The first-order valence-electron chi connectivity index (χ1n) is 33.4. The third kappa shape index (κ3) is 64.8. The molecule has 0 aliphatic heterocycles. The molecular formula is C73H124O6. The van der Waals surface area contributed by atoms with Crippen LogP contribution in [0.1, 0.15) is 316 Å². The maximum Gasteiger partial charge on any atom is 0.306 e. The summed E-state index contributed by atoms with van der Waals surface area (Å²) in [4.78, 5) is 38.3. The molecule has 0 aliphatic rings. The predicted octanol–water partition coefficient (Wildman–Crippen LogP) is 23.0. The molecule has 0 bridgehead atoms. The Labute approximate surface area is 489 Å². The van der Waals surface area contributed by atoms with Gasteiger partial charge in [-0.3, -0.25) is 14.4 Å². The maximum atomic E-state index is 12.9. The minimum atomic E-state index is -0.792. The lowest BCUT2D eigenvalue weighted by Crippen LogP contribution is -2.30. The predicted molar refractivity (Wildman–Crippen MR) is 343 cm³/mol. The van der Waals surface area contributed by atoms with Gasteiger partial charge in [-0.25, -0.2) is 0 Å². The Morgan fingerprint density at radius 3 is 0.785 bits per heavy atom. The van der Waals surface area contributed by atoms with E-state index < -0.39 is 6.10 Å². The first kappa shape index (κ1) is 75.1. The molecule has 0 rings (SSSR count). The molecule has 0 heterocycles. The fraction of sp³-hybridized carbons (Fsp3) is 0.712. The fourth-order valence-corrected chi connectivity index (χ4v) is 9.30. The Balaban J connectivity index is 4.24. The van der Waals surface area contributed by atoms with Crippen molar-refractivity contribution in [2.45, 2.75) is 322 Å². The summed E-state index contributed by atoms with van der Waals surface area (Å²) in [6, 6.07) is 0. The Morgan fingerprint density at radius 1 is 0.266 bits per heavy atom. The zero-order chi connectivity index (χ0) is 57.1. The Kier molecular flexibility index (Phi) is 63.3. The molecule has 0 aliphatic carbocycles. The number of ether oxygens (including phenoxy) is 3. The molecule has 452 valence electrons. The molecule has 1 atom stereocenters. The van der Waals surface area contributed by atoms with Gasteiger partial charge in [-0.1, -0.05) is 284 Å². The zero-order valence-electron chi connectivity index (χ0n) is 51.9. The number of carbonyl (C=O) groups excluding carboxylic acids is 3. The van der Waals surface area contributed by atoms with Crippen LogP contribution in [0.4, 0.5) is 0 Å². The van der Waals surface area contributed by atoms with Crippen LogP contribution in [-0.2, 0) is 28.6 Å². The van der Waals surface area contributed by atoms with Crippen molar-refractivity contribution in [3.63, 3.8) is 0 Å². The highest BCUT2D eigenvalue weighted by Crippen LogP contribution is 2.16. The Morgan fingerprint density at radius 2 is 0.494 bits per heavy atom. The van der Waals surface area contributed by atoms with Crippen molar-refractivity contribution in [1.29, 1.82) is 0 Å². The van der Waals surface area contributed by atoms with Crippen LogP contribution in [0.15, 0.2) is 109 Å². The molecule has 0 saturated heterocycles. The molecule has 0 saturated carbocycles. The number of hydrogen-bond acceptors (Lipinski definition) is 6. The van der Waals surface area contributed by atoms with E-state index in [-0.39, 0.29) is 31.1 Å². The van der Waals surface area contributed by atoms with Crippen LogP contribution in [0.25, 0.3) is 0 Å². The van der Waals surface area contributed by atoms with Gasteiger partial charge in [-0.05, 0) is 122 Å². The molecule has 0 aromatic carbocycles. The van der Waals surface area contributed by atoms with Gasteiger partial charge in [0.15, 0.2) is 6.10 Å². The summed E-state index contributed by atoms with van der Waals surface area (Å²) in [6.07, 6.45) is 91.1. The number of carbonyl (C=O) groups is 3. The normalized spacial score (nSPS) is 12.8. The van der Waals surface area contributed by atoms with Crippen molar-refractivity contribution in [3.05, 3.63) is 109 Å². The number of unbranched alkanes of at least 4 members (excludes halogenated alkanes) is 31. The van der Waals surface area contributed by atoms with Gasteiger partial charge >= 0.3 is 17.9 Å². The highest BCUT2D eigenvalue weighted by atomic mass is 16.6. The Hall–Kier alpha value is -3.93. The molecule has 1 unspecified atom stereocenters. The summed E-state index contributed by atoms with van der Waals surface area (Å²) in [5, 5.41) is 0. The summed E-state index contributed by atoms with van der Waals surface area (Å²) in [6.45, 7) is 6.41. The third-order valence-electron chi connectivity index (χ3n) is 14.2. The van der Waals surface area contributed by atoms with Crippen molar-refractivity contribution < 1.29 is 28.6 Å². The number of esters is 3. The molecule has 0 aromatic heterocycles. The van der Waals surface area contributed by atoms with Crippen LogP contribution in [0, 0.1) is 0 Å². The van der Waals surface area contributed by atoms with Crippen LogP contribution in [-0.4, -0.2) is 37.2 Å². The van der Waals surface area contributed by atoms with E-state index in [2.05, 4.69) is 130 Å². The van der Waals surface area contributed by atoms with E-state index in [1.807, 2.05) is 0 Å². The van der Waals surface area contributed by atoms with Crippen molar-refractivity contribution in [1.82, 2.24) is 0 Å². The second kappa shape index (κ2) is 66.6. The van der Waals surface area contributed by atoms with Gasteiger partial charge in [0, 0.05) is 19.3 Å². The minimum absolute atomic E-state index is 0.0864. The molecule has 0 amide bonds. The van der Waals surface area contributed by atoms with Crippen molar-refractivity contribution in [2.75, 3.05) is 13.2 Å². The smallest absolute Gasteiger partial charge is 0.306 e. The molecule has 0 spiro atoms. The van der Waals surface area contributed by atoms with Gasteiger partial charge in [-0.2, -0.15) is 0 Å².